The van der Waals surface area contributed by atoms with Crippen molar-refractivity contribution >= 4 is 52.2 Å². The van der Waals surface area contributed by atoms with Gasteiger partial charge in [-0.3, -0.25) is 28.8 Å². The highest BCUT2D eigenvalue weighted by Gasteiger charge is 2.35. The Morgan fingerprint density at radius 3 is 2.16 bits per heavy atom. The third-order valence-corrected chi connectivity index (χ3v) is 7.28. The van der Waals surface area contributed by atoms with Crippen LogP contribution in [0.2, 0.25) is 0 Å². The molecule has 3 aromatic rings. The van der Waals surface area contributed by atoms with Crippen molar-refractivity contribution in [2.24, 2.45) is 11.7 Å². The largest absolute Gasteiger partial charge is 0.481 e. The fraction of sp³-hybridized carbons (Fsp3) is 0.419. The molecule has 17 nitrogen and oxygen atoms in total. The van der Waals surface area contributed by atoms with Crippen molar-refractivity contribution in [1.29, 1.82) is 0 Å². The minimum absolute atomic E-state index is 0.0136. The van der Waals surface area contributed by atoms with Crippen molar-refractivity contribution in [2.45, 2.75) is 76.3 Å². The molecule has 0 bridgehead atoms. The number of carboxylic acids is 2. The number of aliphatic carboxylic acids is 2. The van der Waals surface area contributed by atoms with E-state index in [2.05, 4.69) is 31.2 Å². The number of nitrogens with two attached hydrogens (primary N) is 1. The van der Waals surface area contributed by atoms with Crippen LogP contribution in [0, 0.1) is 5.92 Å². The number of fused-ring (bicyclic) bond motifs is 1. The van der Waals surface area contributed by atoms with Crippen molar-refractivity contribution < 1.29 is 56.6 Å². The zero-order valence-electron chi connectivity index (χ0n) is 27.2. The molecular weight excluding hydrogens is 687 g/mol. The molecule has 0 saturated heterocycles. The number of aromatic nitrogens is 2. The van der Waals surface area contributed by atoms with Gasteiger partial charge in [-0.2, -0.15) is 13.2 Å². The molecule has 2 heterocycles. The van der Waals surface area contributed by atoms with Crippen molar-refractivity contribution in [3.63, 3.8) is 0 Å². The third-order valence-electron chi connectivity index (χ3n) is 7.28. The number of carbonyl (C=O) groups is 6. The van der Waals surface area contributed by atoms with Gasteiger partial charge < -0.3 is 46.6 Å². The van der Waals surface area contributed by atoms with Crippen molar-refractivity contribution in [1.82, 2.24) is 25.9 Å². The Hall–Kier alpha value is -5.79. The molecule has 0 aliphatic heterocycles. The summed E-state index contributed by atoms with van der Waals surface area (Å²) in [5.74, 6) is -6.77. The van der Waals surface area contributed by atoms with Gasteiger partial charge in [-0.1, -0.05) is 13.8 Å². The lowest BCUT2D eigenvalue weighted by molar-refractivity contribution is -0.140. The molecule has 2 aromatic heterocycles. The van der Waals surface area contributed by atoms with Crippen molar-refractivity contribution in [2.75, 3.05) is 5.32 Å². The van der Waals surface area contributed by atoms with E-state index in [1.165, 1.54) is 12.5 Å². The number of carboxylic acid groups (broad SMARTS) is 2. The molecule has 0 fully saturated rings. The number of amides is 4. The first kappa shape index (κ1) is 39.6. The summed E-state index contributed by atoms with van der Waals surface area (Å²) in [4.78, 5) is 94.1. The Morgan fingerprint density at radius 1 is 0.922 bits per heavy atom. The predicted octanol–water partition coefficient (Wildman–Crippen LogP) is 0.883. The highest BCUT2D eigenvalue weighted by atomic mass is 19.4. The van der Waals surface area contributed by atoms with Crippen LogP contribution in [0.25, 0.3) is 11.0 Å². The number of aromatic amines is 1. The molecule has 20 heteroatoms. The molecule has 0 spiro atoms. The Morgan fingerprint density at radius 2 is 1.57 bits per heavy atom. The number of nitrogens with one attached hydrogen (secondary N) is 5. The zero-order valence-corrected chi connectivity index (χ0v) is 27.2. The number of carbonyl (C=O) groups excluding carboxylic acids is 4. The van der Waals surface area contributed by atoms with Gasteiger partial charge in [0.1, 0.15) is 23.7 Å². The van der Waals surface area contributed by atoms with Gasteiger partial charge in [-0.15, -0.1) is 0 Å². The molecule has 0 unspecified atom stereocenters. The molecule has 0 saturated carbocycles. The van der Waals surface area contributed by atoms with E-state index in [4.69, 9.17) is 10.2 Å². The number of nitrogens with zero attached hydrogens (tertiary/aromatic N) is 1. The van der Waals surface area contributed by atoms with Crippen LogP contribution in [0.5, 0.6) is 0 Å². The van der Waals surface area contributed by atoms with Crippen molar-refractivity contribution in [3.8, 4) is 0 Å². The normalized spacial score (nSPS) is 13.9. The summed E-state index contributed by atoms with van der Waals surface area (Å²) in [7, 11) is 0. The molecule has 0 aliphatic carbocycles. The van der Waals surface area contributed by atoms with Gasteiger partial charge in [0.2, 0.25) is 23.6 Å². The van der Waals surface area contributed by atoms with Crippen LogP contribution in [-0.4, -0.2) is 79.9 Å². The average Bonchev–Trinajstić information content (AvgIpc) is 3.53. The second-order valence-electron chi connectivity index (χ2n) is 11.9. The maximum absolute atomic E-state index is 13.5. The molecule has 9 N–H and O–H groups in total. The Bertz CT molecular complexity index is 1810. The number of benzene rings is 1. The Labute approximate surface area is 286 Å². The number of H-pyrrole nitrogens is 1. The summed E-state index contributed by atoms with van der Waals surface area (Å²) in [5, 5.41) is 27.4. The summed E-state index contributed by atoms with van der Waals surface area (Å²) in [6.07, 6.45) is -4.30. The lowest BCUT2D eigenvalue weighted by atomic mass is 10.0. The number of alkyl halides is 3. The lowest BCUT2D eigenvalue weighted by Crippen LogP contribution is -2.58. The highest BCUT2D eigenvalue weighted by Crippen LogP contribution is 2.34. The predicted molar refractivity (Wildman–Crippen MR) is 171 cm³/mol. The van der Waals surface area contributed by atoms with E-state index in [0.717, 1.165) is 18.2 Å². The van der Waals surface area contributed by atoms with Crippen LogP contribution in [0.15, 0.2) is 46.0 Å². The van der Waals surface area contributed by atoms with Crippen LogP contribution < -0.4 is 32.6 Å². The molecule has 1 aromatic carbocycles. The first-order chi connectivity index (χ1) is 23.8. The van der Waals surface area contributed by atoms with Crippen LogP contribution in [-0.2, 0) is 41.4 Å². The van der Waals surface area contributed by atoms with E-state index in [1.54, 1.807) is 0 Å². The van der Waals surface area contributed by atoms with Gasteiger partial charge in [-0.05, 0) is 30.9 Å². The fourth-order valence-corrected chi connectivity index (χ4v) is 4.89. The van der Waals surface area contributed by atoms with E-state index in [-0.39, 0.29) is 36.9 Å². The van der Waals surface area contributed by atoms with Crippen LogP contribution in [0.1, 0.15) is 50.8 Å². The van der Waals surface area contributed by atoms with Gasteiger partial charge in [0.25, 0.3) is 0 Å². The summed E-state index contributed by atoms with van der Waals surface area (Å²) in [6, 6.07) is -2.74. The first-order valence-electron chi connectivity index (χ1n) is 15.4. The standard InChI is InChI=1S/C31H36F3N7O10/c1-14(2)7-19(35)27(47)39-20(5-6-24(42)43)28(48)40-21(8-16-12-36-13-37-16)30(50)41-22(11-25(44)45)29(49)38-15-3-4-17-18(31(32,33)34)10-26(46)51-23(17)9-15/h3-4,9-10,12-14,19-22H,5-8,11,35H2,1-2H3,(H,36,37)(H,38,49)(H,39,47)(H,40,48)(H,41,50)(H,42,43)(H,44,45)/t19-,20-,21-,22-/m0/s1. The summed E-state index contributed by atoms with van der Waals surface area (Å²) >= 11 is 0. The number of hydrogen-bond acceptors (Lipinski definition) is 10. The van der Waals surface area contributed by atoms with E-state index >= 15 is 0 Å². The van der Waals surface area contributed by atoms with Crippen LogP contribution in [0.4, 0.5) is 18.9 Å². The molecule has 3 rings (SSSR count). The number of anilines is 1. The van der Waals surface area contributed by atoms with Crippen LogP contribution >= 0.6 is 0 Å². The molecule has 0 aliphatic rings. The lowest BCUT2D eigenvalue weighted by Gasteiger charge is -2.25. The Balaban J connectivity index is 1.86. The number of halogens is 3. The van der Waals surface area contributed by atoms with Crippen molar-refractivity contribution in [3.05, 3.63) is 58.5 Å². The minimum atomic E-state index is -4.90. The van der Waals surface area contributed by atoms with E-state index in [9.17, 15) is 56.9 Å². The van der Waals surface area contributed by atoms with E-state index in [1.807, 2.05) is 13.8 Å². The average molecular weight is 724 g/mol. The quantitative estimate of drug-likeness (QED) is 0.0902. The monoisotopic (exact) mass is 723 g/mol. The SMILES string of the molecule is CC(C)C[C@H](N)C(=O)N[C@@H](CCC(=O)O)C(=O)N[C@@H](Cc1cnc[nH]1)C(=O)N[C@@H](CC(=O)O)C(=O)Nc1ccc2c(C(F)(F)F)cc(=O)oc2c1. The summed E-state index contributed by atoms with van der Waals surface area (Å²) in [5.41, 5.74) is 2.86. The second-order valence-corrected chi connectivity index (χ2v) is 11.9. The first-order valence-corrected chi connectivity index (χ1v) is 15.4. The minimum Gasteiger partial charge on any atom is -0.481 e. The van der Waals surface area contributed by atoms with Gasteiger partial charge >= 0.3 is 23.7 Å². The molecule has 276 valence electrons. The fourth-order valence-electron chi connectivity index (χ4n) is 4.89. The number of imidazole rings is 1. The van der Waals surface area contributed by atoms with Gasteiger partial charge in [-0.25, -0.2) is 9.78 Å². The van der Waals surface area contributed by atoms with Gasteiger partial charge in [0, 0.05) is 47.9 Å². The maximum atomic E-state index is 13.5. The summed E-state index contributed by atoms with van der Waals surface area (Å²) < 4.78 is 45.2. The zero-order chi connectivity index (χ0) is 38.0. The highest BCUT2D eigenvalue weighted by molar-refractivity contribution is 6.01. The number of hydrogen-bond donors (Lipinski definition) is 8. The Kier molecular flexibility index (Phi) is 13.4. The topological polar surface area (TPSA) is 276 Å². The maximum Gasteiger partial charge on any atom is 0.417 e. The van der Waals surface area contributed by atoms with E-state index in [0.29, 0.717) is 5.69 Å². The molecule has 4 atom stereocenters. The molecular formula is C31H36F3N7O10. The molecule has 0 radical (unpaired) electrons. The third kappa shape index (κ3) is 11.9. The van der Waals surface area contributed by atoms with Crippen LogP contribution in [0.3, 0.4) is 0 Å². The van der Waals surface area contributed by atoms with E-state index < -0.39 is 101 Å². The molecule has 51 heavy (non-hydrogen) atoms. The number of rotatable bonds is 17. The van der Waals surface area contributed by atoms with Gasteiger partial charge in [0.05, 0.1) is 24.4 Å². The molecule has 4 amide bonds. The van der Waals surface area contributed by atoms with Gasteiger partial charge in [0.15, 0.2) is 0 Å². The smallest absolute Gasteiger partial charge is 0.417 e. The second kappa shape index (κ2) is 17.2. The summed E-state index contributed by atoms with van der Waals surface area (Å²) in [6.45, 7) is 3.62.